The van der Waals surface area contributed by atoms with Crippen molar-refractivity contribution in [1.82, 2.24) is 4.98 Å². The van der Waals surface area contributed by atoms with Crippen LogP contribution in [0.1, 0.15) is 6.92 Å². The topological polar surface area (TPSA) is 70.9 Å². The van der Waals surface area contributed by atoms with Crippen LogP contribution in [0.4, 0.5) is 5.69 Å². The highest BCUT2D eigenvalue weighted by atomic mass is 16.1. The van der Waals surface area contributed by atoms with E-state index in [0.29, 0.717) is 12.2 Å². The number of nitrogens with one attached hydrogen (secondary N) is 2. The summed E-state index contributed by atoms with van der Waals surface area (Å²) in [4.78, 5) is 14.5. The van der Waals surface area contributed by atoms with Crippen molar-refractivity contribution in [2.75, 3.05) is 11.9 Å². The van der Waals surface area contributed by atoms with Gasteiger partial charge >= 0.3 is 0 Å². The van der Waals surface area contributed by atoms with Gasteiger partial charge in [-0.15, -0.1) is 0 Å². The summed E-state index contributed by atoms with van der Waals surface area (Å²) in [5.74, 6) is 0. The average molecular weight is 217 g/mol. The maximum absolute atomic E-state index is 11.7. The first-order valence-electron chi connectivity index (χ1n) is 5.28. The molecule has 0 aliphatic carbocycles. The van der Waals surface area contributed by atoms with E-state index in [-0.39, 0.29) is 11.6 Å². The number of pyridine rings is 1. The molecule has 4 N–H and O–H groups in total. The minimum atomic E-state index is -0.112. The number of H-pyrrole nitrogens is 1. The molecule has 2 rings (SSSR count). The van der Waals surface area contributed by atoms with E-state index in [1.165, 1.54) is 0 Å². The molecule has 16 heavy (non-hydrogen) atoms. The zero-order valence-electron chi connectivity index (χ0n) is 9.16. The van der Waals surface area contributed by atoms with E-state index in [2.05, 4.69) is 10.3 Å². The normalized spacial score (nSPS) is 12.6. The maximum Gasteiger partial charge on any atom is 0.271 e. The smallest absolute Gasteiger partial charge is 0.271 e. The molecule has 4 nitrogen and oxygen atoms in total. The Kier molecular flexibility index (Phi) is 2.92. The second kappa shape index (κ2) is 4.37. The Morgan fingerprint density at radius 3 is 2.94 bits per heavy atom. The SMILES string of the molecule is CC(N)CNc1cc2ccccc2[nH]c1=O. The summed E-state index contributed by atoms with van der Waals surface area (Å²) >= 11 is 0. The van der Waals surface area contributed by atoms with Crippen LogP contribution >= 0.6 is 0 Å². The molecule has 0 saturated carbocycles. The molecule has 1 unspecified atom stereocenters. The number of para-hydroxylation sites is 1. The van der Waals surface area contributed by atoms with E-state index in [1.807, 2.05) is 37.3 Å². The average Bonchev–Trinajstić information content (AvgIpc) is 2.26. The van der Waals surface area contributed by atoms with Gasteiger partial charge in [0.15, 0.2) is 0 Å². The van der Waals surface area contributed by atoms with E-state index in [4.69, 9.17) is 5.73 Å². The van der Waals surface area contributed by atoms with Gasteiger partial charge in [0.2, 0.25) is 0 Å². The van der Waals surface area contributed by atoms with Gasteiger partial charge in [0.05, 0.1) is 0 Å². The zero-order valence-corrected chi connectivity index (χ0v) is 9.16. The van der Waals surface area contributed by atoms with Crippen molar-refractivity contribution in [3.8, 4) is 0 Å². The molecule has 0 saturated heterocycles. The molecule has 1 aromatic carbocycles. The molecule has 0 aliphatic heterocycles. The largest absolute Gasteiger partial charge is 0.379 e. The van der Waals surface area contributed by atoms with Gasteiger partial charge in [-0.1, -0.05) is 18.2 Å². The number of anilines is 1. The quantitative estimate of drug-likeness (QED) is 0.725. The molecule has 0 radical (unpaired) electrons. The lowest BCUT2D eigenvalue weighted by Crippen LogP contribution is -2.27. The Morgan fingerprint density at radius 2 is 2.19 bits per heavy atom. The van der Waals surface area contributed by atoms with Gasteiger partial charge in [0.1, 0.15) is 5.69 Å². The van der Waals surface area contributed by atoms with Gasteiger partial charge in [0, 0.05) is 23.5 Å². The lowest BCUT2D eigenvalue weighted by atomic mass is 10.2. The summed E-state index contributed by atoms with van der Waals surface area (Å²) in [6.07, 6.45) is 0. The number of fused-ring (bicyclic) bond motifs is 1. The van der Waals surface area contributed by atoms with Crippen molar-refractivity contribution in [2.24, 2.45) is 5.73 Å². The summed E-state index contributed by atoms with van der Waals surface area (Å²) in [6, 6.07) is 9.54. The number of nitrogens with two attached hydrogens (primary N) is 1. The fourth-order valence-corrected chi connectivity index (χ4v) is 1.55. The fraction of sp³-hybridized carbons (Fsp3) is 0.250. The second-order valence-electron chi connectivity index (χ2n) is 3.96. The highest BCUT2D eigenvalue weighted by Gasteiger charge is 2.02. The second-order valence-corrected chi connectivity index (χ2v) is 3.96. The van der Waals surface area contributed by atoms with Crippen LogP contribution in [-0.2, 0) is 0 Å². The first-order chi connectivity index (χ1) is 7.66. The molecule has 1 atom stereocenters. The fourth-order valence-electron chi connectivity index (χ4n) is 1.55. The van der Waals surface area contributed by atoms with Crippen LogP contribution in [0.3, 0.4) is 0 Å². The van der Waals surface area contributed by atoms with Crippen LogP contribution in [-0.4, -0.2) is 17.6 Å². The molecule has 2 aromatic rings. The van der Waals surface area contributed by atoms with Crippen molar-refractivity contribution >= 4 is 16.6 Å². The molecular formula is C12H15N3O. The summed E-state index contributed by atoms with van der Waals surface area (Å²) in [5, 5.41) is 4.04. The van der Waals surface area contributed by atoms with Crippen molar-refractivity contribution < 1.29 is 0 Å². The third kappa shape index (κ3) is 2.23. The van der Waals surface area contributed by atoms with E-state index in [9.17, 15) is 4.79 Å². The Hall–Kier alpha value is -1.81. The summed E-state index contributed by atoms with van der Waals surface area (Å²) in [6.45, 7) is 2.48. The van der Waals surface area contributed by atoms with Crippen LogP contribution in [0.2, 0.25) is 0 Å². The number of hydrogen-bond donors (Lipinski definition) is 3. The predicted molar refractivity (Wildman–Crippen MR) is 66.7 cm³/mol. The van der Waals surface area contributed by atoms with E-state index in [0.717, 1.165) is 10.9 Å². The third-order valence-electron chi connectivity index (χ3n) is 2.37. The van der Waals surface area contributed by atoms with Gasteiger partial charge in [-0.3, -0.25) is 4.79 Å². The molecule has 4 heteroatoms. The molecule has 0 spiro atoms. The highest BCUT2D eigenvalue weighted by Crippen LogP contribution is 2.12. The molecule has 0 fully saturated rings. The van der Waals surface area contributed by atoms with Gasteiger partial charge in [0.25, 0.3) is 5.56 Å². The highest BCUT2D eigenvalue weighted by molar-refractivity contribution is 5.81. The van der Waals surface area contributed by atoms with Gasteiger partial charge < -0.3 is 16.0 Å². The van der Waals surface area contributed by atoms with E-state index in [1.54, 1.807) is 0 Å². The Balaban J connectivity index is 2.38. The van der Waals surface area contributed by atoms with Crippen molar-refractivity contribution in [1.29, 1.82) is 0 Å². The third-order valence-corrected chi connectivity index (χ3v) is 2.37. The Morgan fingerprint density at radius 1 is 1.44 bits per heavy atom. The minimum Gasteiger partial charge on any atom is -0.379 e. The van der Waals surface area contributed by atoms with Gasteiger partial charge in [-0.05, 0) is 19.1 Å². The zero-order chi connectivity index (χ0) is 11.5. The lowest BCUT2D eigenvalue weighted by Gasteiger charge is -2.08. The molecule has 0 bridgehead atoms. The number of aromatic nitrogens is 1. The number of rotatable bonds is 3. The predicted octanol–water partition coefficient (Wildman–Crippen LogP) is 1.29. The van der Waals surface area contributed by atoms with Crippen molar-refractivity contribution in [2.45, 2.75) is 13.0 Å². The van der Waals surface area contributed by atoms with Crippen molar-refractivity contribution in [3.05, 3.63) is 40.7 Å². The van der Waals surface area contributed by atoms with Crippen LogP contribution < -0.4 is 16.6 Å². The Labute approximate surface area is 93.5 Å². The lowest BCUT2D eigenvalue weighted by molar-refractivity contribution is 0.779. The molecule has 0 aliphatic rings. The summed E-state index contributed by atoms with van der Waals surface area (Å²) in [7, 11) is 0. The monoisotopic (exact) mass is 217 g/mol. The standard InChI is InChI=1S/C12H15N3O/c1-8(13)7-14-11-6-9-4-2-3-5-10(9)15-12(11)16/h2-6,8,14H,7,13H2,1H3,(H,15,16). The summed E-state index contributed by atoms with van der Waals surface area (Å²) in [5.41, 5.74) is 6.93. The van der Waals surface area contributed by atoms with Crippen LogP contribution in [0.25, 0.3) is 10.9 Å². The van der Waals surface area contributed by atoms with Gasteiger partial charge in [-0.25, -0.2) is 0 Å². The molecule has 84 valence electrons. The number of aromatic amines is 1. The van der Waals surface area contributed by atoms with Crippen LogP contribution in [0.15, 0.2) is 35.1 Å². The molecule has 0 amide bonds. The molecular weight excluding hydrogens is 202 g/mol. The van der Waals surface area contributed by atoms with Crippen LogP contribution in [0.5, 0.6) is 0 Å². The molecule has 1 heterocycles. The van der Waals surface area contributed by atoms with E-state index < -0.39 is 0 Å². The molecule has 1 aromatic heterocycles. The minimum absolute atomic E-state index is 0.0193. The number of hydrogen-bond acceptors (Lipinski definition) is 3. The first kappa shape index (κ1) is 10.7. The Bertz CT molecular complexity index is 545. The maximum atomic E-state index is 11.7. The van der Waals surface area contributed by atoms with Gasteiger partial charge in [-0.2, -0.15) is 0 Å². The van der Waals surface area contributed by atoms with Crippen LogP contribution in [0, 0.1) is 0 Å². The van der Waals surface area contributed by atoms with Crippen molar-refractivity contribution in [3.63, 3.8) is 0 Å². The number of benzene rings is 1. The summed E-state index contributed by atoms with van der Waals surface area (Å²) < 4.78 is 0. The van der Waals surface area contributed by atoms with E-state index >= 15 is 0 Å². The first-order valence-corrected chi connectivity index (χ1v) is 5.28.